The van der Waals surface area contributed by atoms with Gasteiger partial charge in [-0.05, 0) is 43.4 Å². The molecule has 4 heterocycles. The Morgan fingerprint density at radius 1 is 1.03 bits per heavy atom. The van der Waals surface area contributed by atoms with Crippen molar-refractivity contribution in [3.63, 3.8) is 0 Å². The second kappa shape index (κ2) is 9.86. The van der Waals surface area contributed by atoms with E-state index in [1.54, 1.807) is 17.0 Å². The molecule has 1 amide bonds. The molecule has 2 aromatic rings. The number of halogens is 3. The van der Waals surface area contributed by atoms with Crippen LogP contribution in [-0.2, 0) is 15.1 Å². The van der Waals surface area contributed by atoms with Crippen LogP contribution in [0.2, 0.25) is 0 Å². The van der Waals surface area contributed by atoms with Gasteiger partial charge in [-0.25, -0.2) is 4.98 Å². The van der Waals surface area contributed by atoms with Crippen LogP contribution in [0.3, 0.4) is 0 Å². The molecule has 8 nitrogen and oxygen atoms in total. The number of nitrogens with two attached hydrogens (primary N) is 1. The Morgan fingerprint density at radius 2 is 1.70 bits per heavy atom. The third kappa shape index (κ3) is 4.97. The topological polar surface area (TPSA) is 95.2 Å². The lowest BCUT2D eigenvalue weighted by atomic mass is 9.84. The summed E-state index contributed by atoms with van der Waals surface area (Å²) in [6, 6.07) is 12.7. The monoisotopic (exact) mass is 517 g/mol. The van der Waals surface area contributed by atoms with Gasteiger partial charge in [0.05, 0.1) is 17.5 Å². The largest absolute Gasteiger partial charge is 0.449 e. The highest BCUT2D eigenvalue weighted by molar-refractivity contribution is 5.92. The number of primary amides is 1. The van der Waals surface area contributed by atoms with Crippen LogP contribution < -0.4 is 15.5 Å². The number of aromatic nitrogens is 1. The minimum absolute atomic E-state index is 0.153. The summed E-state index contributed by atoms with van der Waals surface area (Å²) in [4.78, 5) is 21.2. The standard InChI is InChI=1S/C26H30F3N5O3/c27-26(28,29)22-21(23(30)35)37-24(33-13-5-2-6-14-33)34(22)19-9-10-20(31-17-19)32-15-11-25(36,12-16-32)18-7-3-1-4-8-18/h1,3-4,7-10,17,24,36H,2,5-6,11-16H2,(H2,30,35). The Bertz CT molecular complexity index is 1140. The SMILES string of the molecule is NC(=O)C1=C(C(F)(F)F)N(c2ccc(N3CCC(O)(c4ccccc4)CC3)nc2)C(N2CCCCC2)O1. The van der Waals surface area contributed by atoms with Gasteiger partial charge in [-0.2, -0.15) is 13.2 Å². The molecule has 3 aliphatic rings. The normalized spacial score (nSPS) is 22.8. The number of ether oxygens (including phenoxy) is 1. The number of hydrogen-bond acceptors (Lipinski definition) is 7. The Labute approximate surface area is 213 Å². The zero-order valence-electron chi connectivity index (χ0n) is 20.3. The smallest absolute Gasteiger partial charge is 0.435 e. The van der Waals surface area contributed by atoms with E-state index in [-0.39, 0.29) is 5.69 Å². The van der Waals surface area contributed by atoms with E-state index in [0.29, 0.717) is 44.8 Å². The second-order valence-corrected chi connectivity index (χ2v) is 9.71. The van der Waals surface area contributed by atoms with E-state index in [1.165, 1.54) is 6.20 Å². The summed E-state index contributed by atoms with van der Waals surface area (Å²) in [5.41, 5.74) is 4.18. The van der Waals surface area contributed by atoms with Crippen molar-refractivity contribution in [2.24, 2.45) is 5.73 Å². The van der Waals surface area contributed by atoms with Crippen LogP contribution in [0.1, 0.15) is 37.7 Å². The highest BCUT2D eigenvalue weighted by atomic mass is 19.4. The number of rotatable bonds is 5. The number of carbonyl (C=O) groups is 1. The maximum atomic E-state index is 14.2. The van der Waals surface area contributed by atoms with Crippen molar-refractivity contribution in [3.8, 4) is 0 Å². The molecule has 1 aromatic carbocycles. The highest BCUT2D eigenvalue weighted by Crippen LogP contribution is 2.43. The molecule has 198 valence electrons. The number of allylic oxidation sites excluding steroid dienone is 1. The Hall–Kier alpha value is -3.31. The lowest BCUT2D eigenvalue weighted by molar-refractivity contribution is -0.121. The molecule has 0 aliphatic carbocycles. The minimum atomic E-state index is -4.86. The molecule has 0 saturated carbocycles. The molecule has 11 heteroatoms. The van der Waals surface area contributed by atoms with Gasteiger partial charge >= 0.3 is 6.18 Å². The van der Waals surface area contributed by atoms with Crippen LogP contribution in [0.25, 0.3) is 0 Å². The second-order valence-electron chi connectivity index (χ2n) is 9.71. The van der Waals surface area contributed by atoms with Crippen LogP contribution in [0.5, 0.6) is 0 Å². The number of anilines is 2. The number of aliphatic hydroxyl groups is 1. The summed E-state index contributed by atoms with van der Waals surface area (Å²) >= 11 is 0. The Balaban J connectivity index is 1.39. The number of nitrogens with zero attached hydrogens (tertiary/aromatic N) is 4. The first-order valence-electron chi connectivity index (χ1n) is 12.5. The molecule has 0 bridgehead atoms. The molecule has 1 unspecified atom stereocenters. The molecule has 0 spiro atoms. The maximum Gasteiger partial charge on any atom is 0.435 e. The van der Waals surface area contributed by atoms with Crippen molar-refractivity contribution >= 4 is 17.4 Å². The fourth-order valence-electron chi connectivity index (χ4n) is 5.36. The van der Waals surface area contributed by atoms with Gasteiger partial charge in [0, 0.05) is 26.2 Å². The van der Waals surface area contributed by atoms with Crippen LogP contribution in [0, 0.1) is 0 Å². The number of piperidine rings is 2. The summed E-state index contributed by atoms with van der Waals surface area (Å²) in [6.45, 7) is 2.17. The van der Waals surface area contributed by atoms with E-state index in [4.69, 9.17) is 10.5 Å². The molecule has 0 radical (unpaired) electrons. The van der Waals surface area contributed by atoms with E-state index in [9.17, 15) is 23.1 Å². The third-order valence-corrected chi connectivity index (χ3v) is 7.33. The molecule has 2 fully saturated rings. The van der Waals surface area contributed by atoms with Gasteiger partial charge in [-0.15, -0.1) is 0 Å². The molecule has 1 aromatic heterocycles. The summed E-state index contributed by atoms with van der Waals surface area (Å²) in [6.07, 6.45) is -1.00. The van der Waals surface area contributed by atoms with Gasteiger partial charge in [-0.3, -0.25) is 14.6 Å². The molecule has 1 atom stereocenters. The first-order valence-corrected chi connectivity index (χ1v) is 12.5. The van der Waals surface area contributed by atoms with E-state index >= 15 is 0 Å². The van der Waals surface area contributed by atoms with Crippen molar-refractivity contribution in [1.82, 2.24) is 9.88 Å². The van der Waals surface area contributed by atoms with E-state index < -0.39 is 35.5 Å². The van der Waals surface area contributed by atoms with E-state index in [1.807, 2.05) is 35.2 Å². The number of alkyl halides is 3. The zero-order chi connectivity index (χ0) is 26.2. The molecule has 5 rings (SSSR count). The lowest BCUT2D eigenvalue weighted by Crippen LogP contribution is -2.50. The van der Waals surface area contributed by atoms with Crippen LogP contribution in [0.15, 0.2) is 60.1 Å². The average Bonchev–Trinajstić information content (AvgIpc) is 3.32. The van der Waals surface area contributed by atoms with Gasteiger partial charge in [-0.1, -0.05) is 36.8 Å². The molecular weight excluding hydrogens is 487 g/mol. The van der Waals surface area contributed by atoms with Gasteiger partial charge in [0.2, 0.25) is 12.1 Å². The van der Waals surface area contributed by atoms with E-state index in [0.717, 1.165) is 29.7 Å². The number of carbonyl (C=O) groups excluding carboxylic acids is 1. The van der Waals surface area contributed by atoms with Gasteiger partial charge in [0.1, 0.15) is 5.82 Å². The van der Waals surface area contributed by atoms with Crippen LogP contribution in [0.4, 0.5) is 24.7 Å². The van der Waals surface area contributed by atoms with Crippen molar-refractivity contribution in [1.29, 1.82) is 0 Å². The summed E-state index contributed by atoms with van der Waals surface area (Å²) in [7, 11) is 0. The van der Waals surface area contributed by atoms with Crippen LogP contribution >= 0.6 is 0 Å². The zero-order valence-corrected chi connectivity index (χ0v) is 20.3. The lowest BCUT2D eigenvalue weighted by Gasteiger charge is -2.39. The fourth-order valence-corrected chi connectivity index (χ4v) is 5.36. The number of pyridine rings is 1. The average molecular weight is 518 g/mol. The first kappa shape index (κ1) is 25.3. The minimum Gasteiger partial charge on any atom is -0.449 e. The summed E-state index contributed by atoms with van der Waals surface area (Å²) < 4.78 is 48.1. The molecule has 37 heavy (non-hydrogen) atoms. The molecule has 3 N–H and O–H groups in total. The highest BCUT2D eigenvalue weighted by Gasteiger charge is 2.52. The van der Waals surface area contributed by atoms with Crippen molar-refractivity contribution < 1.29 is 27.8 Å². The van der Waals surface area contributed by atoms with Crippen molar-refractivity contribution in [3.05, 3.63) is 65.7 Å². The Kier molecular flexibility index (Phi) is 6.76. The quantitative estimate of drug-likeness (QED) is 0.628. The number of likely N-dealkylation sites (tertiary alicyclic amines) is 1. The number of benzene rings is 1. The summed E-state index contributed by atoms with van der Waals surface area (Å²) in [5.74, 6) is -1.55. The predicted molar refractivity (Wildman–Crippen MR) is 131 cm³/mol. The predicted octanol–water partition coefficient (Wildman–Crippen LogP) is 3.43. The summed E-state index contributed by atoms with van der Waals surface area (Å²) in [5, 5.41) is 11.1. The fraction of sp³-hybridized carbons (Fsp3) is 0.462. The third-order valence-electron chi connectivity index (χ3n) is 7.33. The first-order chi connectivity index (χ1) is 17.7. The molecule has 3 aliphatic heterocycles. The Morgan fingerprint density at radius 3 is 2.27 bits per heavy atom. The molecular formula is C26H30F3N5O3. The number of amides is 1. The van der Waals surface area contributed by atoms with Gasteiger partial charge in [0.25, 0.3) is 5.91 Å². The number of hydrogen-bond donors (Lipinski definition) is 2. The van der Waals surface area contributed by atoms with E-state index in [2.05, 4.69) is 4.98 Å². The van der Waals surface area contributed by atoms with Crippen molar-refractivity contribution in [2.45, 2.75) is 50.2 Å². The van der Waals surface area contributed by atoms with Gasteiger partial charge < -0.3 is 20.5 Å². The maximum absolute atomic E-state index is 14.2. The molecule has 2 saturated heterocycles. The van der Waals surface area contributed by atoms with Gasteiger partial charge in [0.15, 0.2) is 5.70 Å². The van der Waals surface area contributed by atoms with Crippen LogP contribution in [-0.4, -0.2) is 59.6 Å². The van der Waals surface area contributed by atoms with Crippen molar-refractivity contribution in [2.75, 3.05) is 36.0 Å².